The number of carbonyl (C=O) groups is 1. The number of methoxy groups -OCH3 is 1. The zero-order valence-corrected chi connectivity index (χ0v) is 17.5. The monoisotopic (exact) mass is 416 g/mol. The van der Waals surface area contributed by atoms with Gasteiger partial charge in [0.2, 0.25) is 10.0 Å². The van der Waals surface area contributed by atoms with Gasteiger partial charge in [0.1, 0.15) is 5.75 Å². The number of hydrogen-bond acceptors (Lipinski definition) is 6. The molecule has 0 fully saturated rings. The van der Waals surface area contributed by atoms with Gasteiger partial charge in [0, 0.05) is 0 Å². The van der Waals surface area contributed by atoms with Crippen LogP contribution in [0.1, 0.15) is 31.7 Å². The van der Waals surface area contributed by atoms with E-state index >= 15 is 0 Å². The third-order valence-corrected chi connectivity index (χ3v) is 4.77. The maximum absolute atomic E-state index is 12.1. The van der Waals surface area contributed by atoms with Gasteiger partial charge < -0.3 is 9.47 Å². The van der Waals surface area contributed by atoms with Gasteiger partial charge in [0.15, 0.2) is 6.10 Å². The molecule has 7 nitrogen and oxygen atoms in total. The van der Waals surface area contributed by atoms with E-state index in [9.17, 15) is 13.2 Å². The van der Waals surface area contributed by atoms with Crippen LogP contribution in [-0.4, -0.2) is 33.9 Å². The molecule has 29 heavy (non-hydrogen) atoms. The molecule has 0 spiro atoms. The molecule has 0 aliphatic rings. The van der Waals surface area contributed by atoms with Crippen LogP contribution in [0.25, 0.3) is 11.1 Å². The highest BCUT2D eigenvalue weighted by molar-refractivity contribution is 7.92. The second-order valence-electron chi connectivity index (χ2n) is 6.55. The predicted octanol–water partition coefficient (Wildman–Crippen LogP) is 3.71. The minimum atomic E-state index is -3.58. The summed E-state index contributed by atoms with van der Waals surface area (Å²) in [6.45, 7) is 2.00. The summed E-state index contributed by atoms with van der Waals surface area (Å²) in [5, 5.41) is 8.94. The number of sulfonamides is 1. The molecule has 0 aromatic heterocycles. The van der Waals surface area contributed by atoms with E-state index in [0.717, 1.165) is 30.2 Å². The predicted molar refractivity (Wildman–Crippen MR) is 111 cm³/mol. The fourth-order valence-electron chi connectivity index (χ4n) is 2.73. The van der Waals surface area contributed by atoms with Crippen LogP contribution < -0.4 is 9.46 Å². The van der Waals surface area contributed by atoms with E-state index in [-0.39, 0.29) is 11.4 Å². The highest BCUT2D eigenvalue weighted by Crippen LogP contribution is 2.33. The van der Waals surface area contributed by atoms with E-state index in [4.69, 9.17) is 14.7 Å². The van der Waals surface area contributed by atoms with Gasteiger partial charge in [-0.25, -0.2) is 13.2 Å². The van der Waals surface area contributed by atoms with Gasteiger partial charge >= 0.3 is 5.97 Å². The van der Waals surface area contributed by atoms with E-state index in [1.54, 1.807) is 42.5 Å². The number of ether oxygens (including phenoxy) is 2. The average molecular weight is 416 g/mol. The molecular formula is C21H24N2O5S. The molecule has 0 radical (unpaired) electrons. The van der Waals surface area contributed by atoms with Crippen molar-refractivity contribution in [1.82, 2.24) is 0 Å². The van der Waals surface area contributed by atoms with E-state index in [0.29, 0.717) is 12.0 Å². The van der Waals surface area contributed by atoms with Crippen LogP contribution in [0.5, 0.6) is 5.75 Å². The molecule has 0 saturated carbocycles. The van der Waals surface area contributed by atoms with Gasteiger partial charge in [-0.3, -0.25) is 4.72 Å². The minimum Gasteiger partial charge on any atom is -0.477 e. The zero-order valence-electron chi connectivity index (χ0n) is 16.6. The summed E-state index contributed by atoms with van der Waals surface area (Å²) in [5.41, 5.74) is 2.29. The quantitative estimate of drug-likeness (QED) is 0.625. The standard InChI is InChI=1S/C21H24N2O5S/c1-4-5-6-20(21(24)27-2)28-19-12-11-17(13-18(19)23-29(3,25)26)16-9-7-15(14-22)8-10-16/h7-13,20,23H,4-6H2,1-3H3. The molecule has 0 aliphatic heterocycles. The molecule has 2 aromatic carbocycles. The van der Waals surface area contributed by atoms with Gasteiger partial charge in [-0.05, 0) is 48.2 Å². The number of rotatable bonds is 9. The molecule has 2 rings (SSSR count). The van der Waals surface area contributed by atoms with Crippen LogP contribution in [0.2, 0.25) is 0 Å². The lowest BCUT2D eigenvalue weighted by Crippen LogP contribution is -2.29. The SMILES string of the molecule is CCCCC(Oc1ccc(-c2ccc(C#N)cc2)cc1NS(C)(=O)=O)C(=O)OC. The molecular weight excluding hydrogens is 392 g/mol. The summed E-state index contributed by atoms with van der Waals surface area (Å²) in [6.07, 6.45) is 2.31. The molecule has 1 N–H and O–H groups in total. The Hall–Kier alpha value is -3.05. The molecule has 0 aliphatic carbocycles. The number of esters is 1. The number of carbonyl (C=O) groups excluding carboxylic acids is 1. The number of hydrogen-bond donors (Lipinski definition) is 1. The van der Waals surface area contributed by atoms with Gasteiger partial charge in [0.25, 0.3) is 0 Å². The lowest BCUT2D eigenvalue weighted by atomic mass is 10.0. The summed E-state index contributed by atoms with van der Waals surface area (Å²) >= 11 is 0. The first-order chi connectivity index (χ1) is 13.8. The fraction of sp³-hybridized carbons (Fsp3) is 0.333. The molecule has 1 atom stereocenters. The van der Waals surface area contributed by atoms with Crippen molar-refractivity contribution >= 4 is 21.7 Å². The van der Waals surface area contributed by atoms with E-state index in [1.165, 1.54) is 7.11 Å². The minimum absolute atomic E-state index is 0.222. The maximum atomic E-state index is 12.1. The second kappa shape index (κ2) is 9.94. The Labute approximate surface area is 171 Å². The smallest absolute Gasteiger partial charge is 0.347 e. The van der Waals surface area contributed by atoms with Crippen molar-refractivity contribution in [3.63, 3.8) is 0 Å². The van der Waals surface area contributed by atoms with Crippen LogP contribution in [0.15, 0.2) is 42.5 Å². The summed E-state index contributed by atoms with van der Waals surface area (Å²) in [4.78, 5) is 12.1. The Morgan fingerprint density at radius 1 is 1.17 bits per heavy atom. The molecule has 154 valence electrons. The van der Waals surface area contributed by atoms with Crippen molar-refractivity contribution in [2.45, 2.75) is 32.3 Å². The summed E-state index contributed by atoms with van der Waals surface area (Å²) in [7, 11) is -2.29. The van der Waals surface area contributed by atoms with Crippen LogP contribution >= 0.6 is 0 Å². The highest BCUT2D eigenvalue weighted by Gasteiger charge is 2.23. The number of anilines is 1. The number of unbranched alkanes of at least 4 members (excludes halogenated alkanes) is 1. The van der Waals surface area contributed by atoms with Crippen LogP contribution in [0, 0.1) is 11.3 Å². The lowest BCUT2D eigenvalue weighted by Gasteiger charge is -2.20. The third kappa shape index (κ3) is 6.50. The van der Waals surface area contributed by atoms with Crippen LogP contribution in [-0.2, 0) is 19.6 Å². The van der Waals surface area contributed by atoms with Crippen molar-refractivity contribution in [2.75, 3.05) is 18.1 Å². The van der Waals surface area contributed by atoms with E-state index in [2.05, 4.69) is 10.8 Å². The van der Waals surface area contributed by atoms with E-state index < -0.39 is 22.1 Å². The Bertz CT molecular complexity index is 995. The van der Waals surface area contributed by atoms with Crippen molar-refractivity contribution < 1.29 is 22.7 Å². The van der Waals surface area contributed by atoms with Gasteiger partial charge in [-0.15, -0.1) is 0 Å². The lowest BCUT2D eigenvalue weighted by molar-refractivity contribution is -0.149. The third-order valence-electron chi connectivity index (χ3n) is 4.18. The van der Waals surface area contributed by atoms with Gasteiger partial charge in [-0.2, -0.15) is 5.26 Å². The fourth-order valence-corrected chi connectivity index (χ4v) is 3.29. The zero-order chi connectivity index (χ0) is 21.4. The first-order valence-electron chi connectivity index (χ1n) is 9.14. The van der Waals surface area contributed by atoms with Crippen molar-refractivity contribution in [1.29, 1.82) is 5.26 Å². The normalized spacial score (nSPS) is 11.9. The summed E-state index contributed by atoms with van der Waals surface area (Å²) < 4.78 is 36.8. The average Bonchev–Trinajstić information content (AvgIpc) is 2.70. The van der Waals surface area contributed by atoms with E-state index in [1.807, 2.05) is 6.92 Å². The van der Waals surface area contributed by atoms with Crippen LogP contribution in [0.3, 0.4) is 0 Å². The first kappa shape index (κ1) is 22.2. The summed E-state index contributed by atoms with van der Waals surface area (Å²) in [5.74, 6) is -0.278. The van der Waals surface area contributed by atoms with Gasteiger partial charge in [0.05, 0.1) is 30.7 Å². The number of nitrogens with one attached hydrogen (secondary N) is 1. The Balaban J connectivity index is 2.42. The van der Waals surface area contributed by atoms with Crippen LogP contribution in [0.4, 0.5) is 5.69 Å². The topological polar surface area (TPSA) is 105 Å². The van der Waals surface area contributed by atoms with Gasteiger partial charge in [-0.1, -0.05) is 31.5 Å². The molecule has 0 heterocycles. The molecule has 0 saturated heterocycles. The Morgan fingerprint density at radius 3 is 2.38 bits per heavy atom. The molecule has 2 aromatic rings. The number of nitrogens with zero attached hydrogens (tertiary/aromatic N) is 1. The second-order valence-corrected chi connectivity index (χ2v) is 8.29. The van der Waals surface area contributed by atoms with Crippen molar-refractivity contribution in [3.8, 4) is 22.9 Å². The largest absolute Gasteiger partial charge is 0.477 e. The maximum Gasteiger partial charge on any atom is 0.347 e. The molecule has 1 unspecified atom stereocenters. The van der Waals surface area contributed by atoms with Crippen molar-refractivity contribution in [2.24, 2.45) is 0 Å². The number of nitriles is 1. The Kier molecular flexibility index (Phi) is 7.62. The van der Waals surface area contributed by atoms with Crippen molar-refractivity contribution in [3.05, 3.63) is 48.0 Å². The molecule has 8 heteroatoms. The molecule has 0 amide bonds. The summed E-state index contributed by atoms with van der Waals surface area (Å²) in [6, 6.07) is 14.0. The Morgan fingerprint density at radius 2 is 1.83 bits per heavy atom. The molecule has 0 bridgehead atoms. The first-order valence-corrected chi connectivity index (χ1v) is 11.0. The highest BCUT2D eigenvalue weighted by atomic mass is 32.2. The number of benzene rings is 2.